The van der Waals surface area contributed by atoms with Gasteiger partial charge in [-0.15, -0.1) is 0 Å². The van der Waals surface area contributed by atoms with Crippen LogP contribution in [-0.4, -0.2) is 62.3 Å². The van der Waals surface area contributed by atoms with E-state index in [1.54, 1.807) is 0 Å². The van der Waals surface area contributed by atoms with Gasteiger partial charge in [0, 0.05) is 19.1 Å². The second-order valence-corrected chi connectivity index (χ2v) is 5.51. The Bertz CT molecular complexity index is 264. The highest BCUT2D eigenvalue weighted by atomic mass is 16.5. The van der Waals surface area contributed by atoms with Gasteiger partial charge in [0.15, 0.2) is 0 Å². The van der Waals surface area contributed by atoms with Gasteiger partial charge in [0.2, 0.25) is 5.91 Å². The Balaban J connectivity index is 2.09. The molecule has 0 saturated carbocycles. The molecule has 5 heteroatoms. The fraction of sp³-hybridized carbons (Fsp3) is 0.933. The smallest absolute Gasteiger partial charge is 0.237 e. The molecule has 0 bridgehead atoms. The highest BCUT2D eigenvalue weighted by Gasteiger charge is 2.15. The van der Waals surface area contributed by atoms with Crippen molar-refractivity contribution in [3.05, 3.63) is 0 Å². The summed E-state index contributed by atoms with van der Waals surface area (Å²) < 4.78 is 5.32. The molecule has 1 amide bonds. The molecule has 118 valence electrons. The van der Waals surface area contributed by atoms with Crippen LogP contribution in [0.15, 0.2) is 0 Å². The number of amides is 1. The molecule has 0 aromatic carbocycles. The standard InChI is InChI=1S/C15H31N3O2/c1-4-14(5-2)17-15(19)13(3)16-7-6-8-18-9-11-20-12-10-18/h13-14,16H,4-12H2,1-3H3,(H,17,19). The van der Waals surface area contributed by atoms with E-state index >= 15 is 0 Å². The third-order valence-electron chi connectivity index (χ3n) is 3.93. The van der Waals surface area contributed by atoms with Gasteiger partial charge in [-0.3, -0.25) is 9.69 Å². The third-order valence-corrected chi connectivity index (χ3v) is 3.93. The van der Waals surface area contributed by atoms with Gasteiger partial charge in [-0.2, -0.15) is 0 Å². The summed E-state index contributed by atoms with van der Waals surface area (Å²) in [6.45, 7) is 11.9. The molecular formula is C15H31N3O2. The average Bonchev–Trinajstić information content (AvgIpc) is 2.49. The van der Waals surface area contributed by atoms with Crippen LogP contribution in [0.4, 0.5) is 0 Å². The van der Waals surface area contributed by atoms with Crippen molar-refractivity contribution in [3.8, 4) is 0 Å². The molecule has 1 rings (SSSR count). The first-order valence-electron chi connectivity index (χ1n) is 8.01. The van der Waals surface area contributed by atoms with Crippen molar-refractivity contribution in [1.29, 1.82) is 0 Å². The Morgan fingerprint density at radius 1 is 1.25 bits per heavy atom. The Kier molecular flexibility index (Phi) is 8.82. The van der Waals surface area contributed by atoms with E-state index in [9.17, 15) is 4.79 Å². The lowest BCUT2D eigenvalue weighted by Gasteiger charge is -2.26. The molecule has 1 unspecified atom stereocenters. The summed E-state index contributed by atoms with van der Waals surface area (Å²) in [4.78, 5) is 14.4. The van der Waals surface area contributed by atoms with Gasteiger partial charge in [-0.1, -0.05) is 13.8 Å². The number of nitrogens with one attached hydrogen (secondary N) is 2. The number of carbonyl (C=O) groups excluding carboxylic acids is 1. The van der Waals surface area contributed by atoms with E-state index in [1.807, 2.05) is 6.92 Å². The van der Waals surface area contributed by atoms with Gasteiger partial charge >= 0.3 is 0 Å². The second kappa shape index (κ2) is 10.1. The number of morpholine rings is 1. The molecule has 1 atom stereocenters. The van der Waals surface area contributed by atoms with Crippen LogP contribution in [0.2, 0.25) is 0 Å². The first kappa shape index (κ1) is 17.4. The predicted octanol–water partition coefficient (Wildman–Crippen LogP) is 0.992. The van der Waals surface area contributed by atoms with E-state index in [0.717, 1.165) is 58.7 Å². The van der Waals surface area contributed by atoms with Crippen LogP contribution in [0.25, 0.3) is 0 Å². The van der Waals surface area contributed by atoms with Crippen molar-refractivity contribution >= 4 is 5.91 Å². The molecule has 1 aliphatic heterocycles. The highest BCUT2D eigenvalue weighted by molar-refractivity contribution is 5.81. The SMILES string of the molecule is CCC(CC)NC(=O)C(C)NCCCN1CCOCC1. The predicted molar refractivity (Wildman–Crippen MR) is 81.9 cm³/mol. The summed E-state index contributed by atoms with van der Waals surface area (Å²) in [7, 11) is 0. The molecule has 20 heavy (non-hydrogen) atoms. The Labute approximate surface area is 123 Å². The Morgan fingerprint density at radius 3 is 2.50 bits per heavy atom. The van der Waals surface area contributed by atoms with Crippen LogP contribution in [0.3, 0.4) is 0 Å². The summed E-state index contributed by atoms with van der Waals surface area (Å²) in [5.41, 5.74) is 0. The zero-order valence-electron chi connectivity index (χ0n) is 13.3. The lowest BCUT2D eigenvalue weighted by Crippen LogP contribution is -2.46. The van der Waals surface area contributed by atoms with Crippen molar-refractivity contribution in [2.45, 2.75) is 52.1 Å². The minimum atomic E-state index is -0.111. The van der Waals surface area contributed by atoms with Crippen LogP contribution in [-0.2, 0) is 9.53 Å². The quantitative estimate of drug-likeness (QED) is 0.620. The lowest BCUT2D eigenvalue weighted by molar-refractivity contribution is -0.123. The molecule has 0 spiro atoms. The Morgan fingerprint density at radius 2 is 1.90 bits per heavy atom. The maximum atomic E-state index is 12.0. The molecule has 1 aliphatic rings. The topological polar surface area (TPSA) is 53.6 Å². The van der Waals surface area contributed by atoms with Crippen molar-refractivity contribution in [2.24, 2.45) is 0 Å². The summed E-state index contributed by atoms with van der Waals surface area (Å²) in [6.07, 6.45) is 3.06. The van der Waals surface area contributed by atoms with Crippen LogP contribution in [0, 0.1) is 0 Å². The van der Waals surface area contributed by atoms with Crippen molar-refractivity contribution in [3.63, 3.8) is 0 Å². The fourth-order valence-corrected chi connectivity index (χ4v) is 2.36. The maximum Gasteiger partial charge on any atom is 0.237 e. The summed E-state index contributed by atoms with van der Waals surface area (Å²) in [5, 5.41) is 6.38. The van der Waals surface area contributed by atoms with Crippen LogP contribution >= 0.6 is 0 Å². The normalized spacial score (nSPS) is 18.2. The third kappa shape index (κ3) is 6.68. The summed E-state index contributed by atoms with van der Waals surface area (Å²) >= 11 is 0. The number of nitrogens with zero attached hydrogens (tertiary/aromatic N) is 1. The second-order valence-electron chi connectivity index (χ2n) is 5.51. The van der Waals surface area contributed by atoms with Crippen molar-refractivity contribution in [2.75, 3.05) is 39.4 Å². The van der Waals surface area contributed by atoms with Gasteiger partial charge in [-0.25, -0.2) is 0 Å². The number of hydrogen-bond acceptors (Lipinski definition) is 4. The molecule has 0 aromatic heterocycles. The van der Waals surface area contributed by atoms with Gasteiger partial charge in [0.05, 0.1) is 19.3 Å². The number of rotatable bonds is 9. The molecule has 1 heterocycles. The Hall–Kier alpha value is -0.650. The van der Waals surface area contributed by atoms with Gasteiger partial charge in [0.25, 0.3) is 0 Å². The van der Waals surface area contributed by atoms with Crippen LogP contribution in [0.1, 0.15) is 40.0 Å². The van der Waals surface area contributed by atoms with Crippen molar-refractivity contribution < 1.29 is 9.53 Å². The molecule has 5 nitrogen and oxygen atoms in total. The van der Waals surface area contributed by atoms with E-state index in [2.05, 4.69) is 29.4 Å². The van der Waals surface area contributed by atoms with Gasteiger partial charge in [-0.05, 0) is 39.3 Å². The minimum Gasteiger partial charge on any atom is -0.379 e. The number of ether oxygens (including phenoxy) is 1. The summed E-state index contributed by atoms with van der Waals surface area (Å²) in [5.74, 6) is 0.116. The van der Waals surface area contributed by atoms with Gasteiger partial charge in [0.1, 0.15) is 0 Å². The van der Waals surface area contributed by atoms with E-state index in [4.69, 9.17) is 4.74 Å². The zero-order chi connectivity index (χ0) is 14.8. The van der Waals surface area contributed by atoms with Crippen LogP contribution in [0.5, 0.6) is 0 Å². The first-order valence-corrected chi connectivity index (χ1v) is 8.01. The van der Waals surface area contributed by atoms with E-state index < -0.39 is 0 Å². The molecule has 0 radical (unpaired) electrons. The number of carbonyl (C=O) groups is 1. The summed E-state index contributed by atoms with van der Waals surface area (Å²) in [6, 6.07) is 0.195. The zero-order valence-corrected chi connectivity index (χ0v) is 13.3. The molecule has 1 fully saturated rings. The van der Waals surface area contributed by atoms with Gasteiger partial charge < -0.3 is 15.4 Å². The fourth-order valence-electron chi connectivity index (χ4n) is 2.36. The van der Waals surface area contributed by atoms with E-state index in [0.29, 0.717) is 6.04 Å². The molecule has 1 saturated heterocycles. The maximum absolute atomic E-state index is 12.0. The largest absolute Gasteiger partial charge is 0.379 e. The monoisotopic (exact) mass is 285 g/mol. The van der Waals surface area contributed by atoms with Crippen LogP contribution < -0.4 is 10.6 Å². The first-order chi connectivity index (χ1) is 9.67. The van der Waals surface area contributed by atoms with E-state index in [-0.39, 0.29) is 11.9 Å². The molecular weight excluding hydrogens is 254 g/mol. The van der Waals surface area contributed by atoms with Crippen molar-refractivity contribution in [1.82, 2.24) is 15.5 Å². The lowest BCUT2D eigenvalue weighted by atomic mass is 10.1. The average molecular weight is 285 g/mol. The number of hydrogen-bond donors (Lipinski definition) is 2. The molecule has 2 N–H and O–H groups in total. The highest BCUT2D eigenvalue weighted by Crippen LogP contribution is 1.99. The minimum absolute atomic E-state index is 0.111. The molecule has 0 aliphatic carbocycles. The van der Waals surface area contributed by atoms with E-state index in [1.165, 1.54) is 0 Å². The molecule has 0 aromatic rings.